The molecule has 0 aromatic heterocycles. The van der Waals surface area contributed by atoms with E-state index in [2.05, 4.69) is 10.6 Å². The first-order valence-corrected chi connectivity index (χ1v) is 11.5. The summed E-state index contributed by atoms with van der Waals surface area (Å²) < 4.78 is 21.8. The van der Waals surface area contributed by atoms with Gasteiger partial charge in [0, 0.05) is 18.2 Å². The second-order valence-corrected chi connectivity index (χ2v) is 7.95. The number of amides is 2. The zero-order valence-corrected chi connectivity index (χ0v) is 19.9. The number of nitrogens with one attached hydrogen (secondary N) is 2. The molecule has 10 nitrogen and oxygen atoms in total. The molecule has 2 amide bonds. The molecule has 5 N–H and O–H groups in total. The van der Waals surface area contributed by atoms with Gasteiger partial charge in [0.05, 0.1) is 18.0 Å². The van der Waals surface area contributed by atoms with E-state index in [1.807, 2.05) is 0 Å². The molecule has 3 aromatic carbocycles. The van der Waals surface area contributed by atoms with E-state index < -0.39 is 12.2 Å². The summed E-state index contributed by atoms with van der Waals surface area (Å²) in [6, 6.07) is 18.9. The average Bonchev–Trinajstić information content (AvgIpc) is 3.36. The maximum absolute atomic E-state index is 12.7. The van der Waals surface area contributed by atoms with Crippen LogP contribution in [0.5, 0.6) is 17.2 Å². The van der Waals surface area contributed by atoms with E-state index in [-0.39, 0.29) is 32.3 Å². The Kier molecular flexibility index (Phi) is 8.45. The first-order valence-electron chi connectivity index (χ1n) is 11.5. The summed E-state index contributed by atoms with van der Waals surface area (Å²) >= 11 is 0. The highest BCUT2D eigenvalue weighted by Crippen LogP contribution is 2.34. The summed E-state index contributed by atoms with van der Waals surface area (Å²) in [5, 5.41) is 14.4. The molecule has 1 heterocycles. The van der Waals surface area contributed by atoms with Gasteiger partial charge in [-0.25, -0.2) is 4.79 Å². The molecule has 4 rings (SSSR count). The van der Waals surface area contributed by atoms with E-state index >= 15 is 0 Å². The molecular formula is C27H27N3O7. The highest BCUT2D eigenvalue weighted by Gasteiger charge is 2.19. The topological polar surface area (TPSA) is 141 Å². The van der Waals surface area contributed by atoms with E-state index in [1.165, 1.54) is 6.08 Å². The van der Waals surface area contributed by atoms with E-state index in [4.69, 9.17) is 29.8 Å². The van der Waals surface area contributed by atoms with Crippen LogP contribution in [0.15, 0.2) is 78.9 Å². The Bertz CT molecular complexity index is 1280. The third kappa shape index (κ3) is 7.15. The lowest BCUT2D eigenvalue weighted by molar-refractivity contribution is -0.111. The van der Waals surface area contributed by atoms with Gasteiger partial charge in [-0.15, -0.1) is 0 Å². The molecule has 1 aliphatic heterocycles. The van der Waals surface area contributed by atoms with Crippen LogP contribution >= 0.6 is 0 Å². The van der Waals surface area contributed by atoms with Crippen molar-refractivity contribution in [3.8, 4) is 17.2 Å². The fraction of sp³-hybridized carbons (Fsp3) is 0.185. The van der Waals surface area contributed by atoms with E-state index in [9.17, 15) is 9.59 Å². The van der Waals surface area contributed by atoms with Crippen LogP contribution in [0.25, 0.3) is 0 Å². The summed E-state index contributed by atoms with van der Waals surface area (Å²) in [4.78, 5) is 25.1. The lowest BCUT2D eigenvalue weighted by atomic mass is 10.1. The number of anilines is 3. The number of benzene rings is 3. The molecule has 10 heteroatoms. The summed E-state index contributed by atoms with van der Waals surface area (Å²) in [5.41, 5.74) is 7.95. The van der Waals surface area contributed by atoms with Crippen LogP contribution in [0.4, 0.5) is 21.9 Å². The predicted molar refractivity (Wildman–Crippen MR) is 138 cm³/mol. The van der Waals surface area contributed by atoms with Crippen molar-refractivity contribution in [3.63, 3.8) is 0 Å². The number of hydrogen-bond donors (Lipinski definition) is 4. The Balaban J connectivity index is 1.45. The zero-order chi connectivity index (χ0) is 26.0. The van der Waals surface area contributed by atoms with Crippen LogP contribution in [-0.2, 0) is 9.53 Å². The van der Waals surface area contributed by atoms with Crippen molar-refractivity contribution in [1.82, 2.24) is 0 Å². The van der Waals surface area contributed by atoms with Crippen molar-refractivity contribution >= 4 is 29.1 Å². The zero-order valence-electron chi connectivity index (χ0n) is 19.9. The van der Waals surface area contributed by atoms with Crippen molar-refractivity contribution in [2.45, 2.75) is 12.5 Å². The summed E-state index contributed by atoms with van der Waals surface area (Å²) in [6.45, 7) is 0.116. The molecule has 1 aliphatic rings. The van der Waals surface area contributed by atoms with Gasteiger partial charge in [-0.3, -0.25) is 10.1 Å². The Morgan fingerprint density at radius 3 is 2.70 bits per heavy atom. The van der Waals surface area contributed by atoms with E-state index in [0.29, 0.717) is 39.9 Å². The van der Waals surface area contributed by atoms with Gasteiger partial charge in [0.15, 0.2) is 11.5 Å². The normalized spacial score (nSPS) is 12.7. The quantitative estimate of drug-likeness (QED) is 0.237. The third-order valence-corrected chi connectivity index (χ3v) is 5.30. The minimum atomic E-state index is -0.738. The maximum atomic E-state index is 12.7. The first kappa shape index (κ1) is 25.4. The largest absolute Gasteiger partial charge is 0.491 e. The van der Waals surface area contributed by atoms with Gasteiger partial charge in [0.1, 0.15) is 18.5 Å². The van der Waals surface area contributed by atoms with Crippen molar-refractivity contribution in [2.24, 2.45) is 0 Å². The molecule has 0 bridgehead atoms. The molecule has 37 heavy (non-hydrogen) atoms. The number of rotatable bonds is 10. The lowest BCUT2D eigenvalue weighted by Crippen LogP contribution is -2.17. The van der Waals surface area contributed by atoms with Crippen molar-refractivity contribution in [2.75, 3.05) is 36.4 Å². The molecular weight excluding hydrogens is 478 g/mol. The predicted octanol–water partition coefficient (Wildman–Crippen LogP) is 4.24. The molecule has 0 saturated heterocycles. The number of para-hydroxylation sites is 2. The second-order valence-electron chi connectivity index (χ2n) is 7.95. The summed E-state index contributed by atoms with van der Waals surface area (Å²) in [6.07, 6.45) is 1.73. The maximum Gasteiger partial charge on any atom is 0.412 e. The Morgan fingerprint density at radius 2 is 1.86 bits per heavy atom. The number of aliphatic hydroxyl groups excluding tert-OH is 1. The fourth-order valence-corrected chi connectivity index (χ4v) is 3.56. The van der Waals surface area contributed by atoms with Gasteiger partial charge in [-0.1, -0.05) is 30.3 Å². The Morgan fingerprint density at radius 1 is 1.03 bits per heavy atom. The molecule has 1 atom stereocenters. The fourth-order valence-electron chi connectivity index (χ4n) is 3.56. The van der Waals surface area contributed by atoms with Gasteiger partial charge in [-0.05, 0) is 48.0 Å². The van der Waals surface area contributed by atoms with Crippen LogP contribution < -0.4 is 30.6 Å². The van der Waals surface area contributed by atoms with Crippen molar-refractivity contribution in [1.29, 1.82) is 0 Å². The van der Waals surface area contributed by atoms with Gasteiger partial charge < -0.3 is 35.1 Å². The number of aliphatic hydroxyl groups is 1. The smallest absolute Gasteiger partial charge is 0.412 e. The average molecular weight is 506 g/mol. The molecule has 0 spiro atoms. The number of carbonyl (C=O) groups is 2. The van der Waals surface area contributed by atoms with Crippen LogP contribution in [-0.4, -0.2) is 37.1 Å². The van der Waals surface area contributed by atoms with Crippen LogP contribution in [0.3, 0.4) is 0 Å². The number of carbonyl (C=O) groups excluding carboxylic acids is 2. The van der Waals surface area contributed by atoms with Crippen LogP contribution in [0.2, 0.25) is 0 Å². The molecule has 0 unspecified atom stereocenters. The number of hydrogen-bond acceptors (Lipinski definition) is 8. The number of fused-ring (bicyclic) bond motifs is 1. The van der Waals surface area contributed by atoms with Crippen LogP contribution in [0.1, 0.15) is 18.1 Å². The highest BCUT2D eigenvalue weighted by molar-refractivity contribution is 6.01. The van der Waals surface area contributed by atoms with Gasteiger partial charge in [0.2, 0.25) is 12.7 Å². The van der Waals surface area contributed by atoms with E-state index in [0.717, 1.165) is 0 Å². The van der Waals surface area contributed by atoms with Crippen LogP contribution in [0, 0.1) is 0 Å². The minimum absolute atomic E-state index is 0.122. The molecule has 0 aliphatic carbocycles. The van der Waals surface area contributed by atoms with Gasteiger partial charge in [-0.2, -0.15) is 0 Å². The minimum Gasteiger partial charge on any atom is -0.491 e. The lowest BCUT2D eigenvalue weighted by Gasteiger charge is -2.18. The van der Waals surface area contributed by atoms with Gasteiger partial charge in [0.25, 0.3) is 0 Å². The Hall–Kier alpha value is -4.70. The molecule has 0 saturated carbocycles. The van der Waals surface area contributed by atoms with Gasteiger partial charge >= 0.3 is 6.09 Å². The SMILES string of the molecule is Nc1ccccc1NC(=O)/C=C/C[C@H](OC(=O)Nc1ccc2c(c1)OCO2)c1cccc(OCCO)c1. The third-order valence-electron chi connectivity index (χ3n) is 5.30. The second kappa shape index (κ2) is 12.3. The van der Waals surface area contributed by atoms with Crippen molar-refractivity contribution in [3.05, 3.63) is 84.4 Å². The molecule has 3 aromatic rings. The van der Waals surface area contributed by atoms with E-state index in [1.54, 1.807) is 72.8 Å². The molecule has 0 fully saturated rings. The first-order chi connectivity index (χ1) is 18.0. The number of ether oxygens (including phenoxy) is 4. The van der Waals surface area contributed by atoms with Crippen molar-refractivity contribution < 1.29 is 33.6 Å². The molecule has 0 radical (unpaired) electrons. The standard InChI is InChI=1S/C27H27N3O7/c28-21-7-1-2-8-22(21)30-26(32)10-4-9-23(18-5-3-6-20(15-18)34-14-13-31)37-27(33)29-19-11-12-24-25(16-19)36-17-35-24/h1-8,10-12,15-16,23,31H,9,13-14,17,28H2,(H,29,33)(H,30,32)/b10-4+/t23-/m0/s1. The molecule has 192 valence electrons. The monoisotopic (exact) mass is 505 g/mol. The highest BCUT2D eigenvalue weighted by atomic mass is 16.7. The summed E-state index contributed by atoms with van der Waals surface area (Å²) in [7, 11) is 0. The summed E-state index contributed by atoms with van der Waals surface area (Å²) in [5.74, 6) is 1.26. The number of nitrogen functional groups attached to an aromatic ring is 1. The Labute approximate surface area is 213 Å². The number of nitrogens with two attached hydrogens (primary N) is 1.